The minimum Gasteiger partial charge on any atom is -0.370 e. The van der Waals surface area contributed by atoms with Gasteiger partial charge in [0.1, 0.15) is 5.82 Å². The highest BCUT2D eigenvalue weighted by molar-refractivity contribution is 6.30. The average Bonchev–Trinajstić information content (AvgIpc) is 2.81. The number of ether oxygens (including phenoxy) is 1. The number of aryl methyl sites for hydroxylation is 1. The monoisotopic (exact) mass is 264 g/mol. The summed E-state index contributed by atoms with van der Waals surface area (Å²) in [5.74, 6) is -0.0191. The maximum atomic E-state index is 13.8. The van der Waals surface area contributed by atoms with Gasteiger partial charge in [0.25, 0.3) is 0 Å². The number of hydrogen-bond donors (Lipinski definition) is 0. The molecule has 1 aliphatic rings. The van der Waals surface area contributed by atoms with Crippen molar-refractivity contribution in [3.63, 3.8) is 0 Å². The first-order chi connectivity index (χ1) is 8.65. The molecule has 18 heavy (non-hydrogen) atoms. The molecule has 0 spiro atoms. The first-order valence-electron chi connectivity index (χ1n) is 5.54. The molecule has 1 aromatic heterocycles. The zero-order chi connectivity index (χ0) is 12.7. The van der Waals surface area contributed by atoms with E-state index in [1.54, 1.807) is 0 Å². The first-order valence-corrected chi connectivity index (χ1v) is 5.92. The summed E-state index contributed by atoms with van der Waals surface area (Å²) in [7, 11) is 0. The molecule has 2 aromatic rings. The number of nitrogens with zero attached hydrogens (tertiary/aromatic N) is 2. The van der Waals surface area contributed by atoms with Gasteiger partial charge in [-0.3, -0.25) is 0 Å². The maximum absolute atomic E-state index is 13.8. The fourth-order valence-corrected chi connectivity index (χ4v) is 2.17. The molecule has 0 unspecified atom stereocenters. The Kier molecular flexibility index (Phi) is 2.76. The van der Waals surface area contributed by atoms with Crippen LogP contribution in [0.3, 0.4) is 0 Å². The molecule has 3 rings (SSSR count). The van der Waals surface area contributed by atoms with Gasteiger partial charge in [-0.1, -0.05) is 11.6 Å². The summed E-state index contributed by atoms with van der Waals surface area (Å²) in [6, 6.07) is 4.36. The molecule has 0 fully saturated rings. The van der Waals surface area contributed by atoms with E-state index in [0.29, 0.717) is 29.6 Å². The highest BCUT2D eigenvalue weighted by Gasteiger charge is 2.19. The molecule has 0 atom stereocenters. The van der Waals surface area contributed by atoms with Crippen molar-refractivity contribution >= 4 is 11.6 Å². The van der Waals surface area contributed by atoms with Gasteiger partial charge >= 0.3 is 0 Å². The van der Waals surface area contributed by atoms with Crippen molar-refractivity contribution in [2.45, 2.75) is 20.1 Å². The van der Waals surface area contributed by atoms with E-state index < -0.39 is 0 Å². The SMILES string of the molecule is Cc1nc(-c2cc(Cl)ccc2F)nc2c1COC2. The van der Waals surface area contributed by atoms with E-state index in [-0.39, 0.29) is 5.82 Å². The molecule has 2 heterocycles. The predicted octanol–water partition coefficient (Wildman–Crippen LogP) is 3.27. The van der Waals surface area contributed by atoms with Crippen LogP contribution in [0, 0.1) is 12.7 Å². The second-order valence-corrected chi connectivity index (χ2v) is 4.61. The molecule has 0 N–H and O–H groups in total. The van der Waals surface area contributed by atoms with Gasteiger partial charge in [0, 0.05) is 16.3 Å². The fourth-order valence-electron chi connectivity index (χ4n) is 2.00. The largest absolute Gasteiger partial charge is 0.370 e. The number of fused-ring (bicyclic) bond motifs is 1. The summed E-state index contributed by atoms with van der Waals surface area (Å²) < 4.78 is 19.1. The summed E-state index contributed by atoms with van der Waals surface area (Å²) >= 11 is 5.88. The van der Waals surface area contributed by atoms with Crippen molar-refractivity contribution in [3.8, 4) is 11.4 Å². The Morgan fingerprint density at radius 3 is 2.94 bits per heavy atom. The predicted molar refractivity (Wildman–Crippen MR) is 65.7 cm³/mol. The highest BCUT2D eigenvalue weighted by Crippen LogP contribution is 2.27. The average molecular weight is 265 g/mol. The smallest absolute Gasteiger partial charge is 0.162 e. The Hall–Kier alpha value is -1.52. The van der Waals surface area contributed by atoms with Crippen LogP contribution in [-0.4, -0.2) is 9.97 Å². The van der Waals surface area contributed by atoms with Crippen molar-refractivity contribution in [1.29, 1.82) is 0 Å². The standard InChI is InChI=1S/C13H10ClFN2O/c1-7-10-5-18-6-12(10)17-13(16-7)9-4-8(14)2-3-11(9)15/h2-4H,5-6H2,1H3. The first kappa shape index (κ1) is 11.6. The van der Waals surface area contributed by atoms with Crippen LogP contribution in [0.4, 0.5) is 4.39 Å². The molecular formula is C13H10ClFN2O. The van der Waals surface area contributed by atoms with Gasteiger partial charge < -0.3 is 4.74 Å². The molecule has 5 heteroatoms. The normalized spacial score (nSPS) is 13.7. The number of hydrogen-bond acceptors (Lipinski definition) is 3. The molecule has 1 aliphatic heterocycles. The molecule has 3 nitrogen and oxygen atoms in total. The highest BCUT2D eigenvalue weighted by atomic mass is 35.5. The lowest BCUT2D eigenvalue weighted by molar-refractivity contribution is 0.133. The van der Waals surface area contributed by atoms with Gasteiger partial charge in [-0.25, -0.2) is 14.4 Å². The lowest BCUT2D eigenvalue weighted by atomic mass is 10.1. The third-order valence-corrected chi connectivity index (χ3v) is 3.19. The van der Waals surface area contributed by atoms with Gasteiger partial charge in [0.2, 0.25) is 0 Å². The zero-order valence-electron chi connectivity index (χ0n) is 9.70. The van der Waals surface area contributed by atoms with E-state index in [1.165, 1.54) is 18.2 Å². The molecular weight excluding hydrogens is 255 g/mol. The lowest BCUT2D eigenvalue weighted by Crippen LogP contribution is -2.01. The Balaban J connectivity index is 2.18. The van der Waals surface area contributed by atoms with Crippen LogP contribution in [0.5, 0.6) is 0 Å². The van der Waals surface area contributed by atoms with Crippen molar-refractivity contribution in [1.82, 2.24) is 9.97 Å². The van der Waals surface area contributed by atoms with E-state index in [4.69, 9.17) is 16.3 Å². The molecule has 0 saturated heterocycles. The maximum Gasteiger partial charge on any atom is 0.162 e. The molecule has 0 amide bonds. The molecule has 1 aromatic carbocycles. The minimum atomic E-state index is -0.377. The minimum absolute atomic E-state index is 0.320. The molecule has 0 radical (unpaired) electrons. The zero-order valence-corrected chi connectivity index (χ0v) is 10.5. The van der Waals surface area contributed by atoms with E-state index in [1.807, 2.05) is 6.92 Å². The Morgan fingerprint density at radius 1 is 1.28 bits per heavy atom. The third-order valence-electron chi connectivity index (χ3n) is 2.95. The molecule has 0 bridgehead atoms. The van der Waals surface area contributed by atoms with E-state index in [9.17, 15) is 4.39 Å². The second kappa shape index (κ2) is 4.30. The summed E-state index contributed by atoms with van der Waals surface area (Å²) in [6.45, 7) is 2.86. The van der Waals surface area contributed by atoms with E-state index in [0.717, 1.165) is 17.0 Å². The van der Waals surface area contributed by atoms with Gasteiger partial charge in [0.15, 0.2) is 5.82 Å². The molecule has 0 saturated carbocycles. The van der Waals surface area contributed by atoms with Crippen molar-refractivity contribution in [3.05, 3.63) is 46.0 Å². The second-order valence-electron chi connectivity index (χ2n) is 4.17. The summed E-state index contributed by atoms with van der Waals surface area (Å²) in [4.78, 5) is 8.68. The van der Waals surface area contributed by atoms with Gasteiger partial charge in [-0.05, 0) is 25.1 Å². The topological polar surface area (TPSA) is 35.0 Å². The lowest BCUT2D eigenvalue weighted by Gasteiger charge is -2.07. The van der Waals surface area contributed by atoms with Gasteiger partial charge in [0.05, 0.1) is 24.5 Å². The van der Waals surface area contributed by atoms with E-state index in [2.05, 4.69) is 9.97 Å². The van der Waals surface area contributed by atoms with Crippen molar-refractivity contribution < 1.29 is 9.13 Å². The van der Waals surface area contributed by atoms with Crippen molar-refractivity contribution in [2.75, 3.05) is 0 Å². The van der Waals surface area contributed by atoms with Crippen LogP contribution < -0.4 is 0 Å². The fraction of sp³-hybridized carbons (Fsp3) is 0.231. The summed E-state index contributed by atoms with van der Waals surface area (Å²) in [5.41, 5.74) is 2.98. The Bertz CT molecular complexity index is 631. The van der Waals surface area contributed by atoms with Crippen LogP contribution in [0.15, 0.2) is 18.2 Å². The summed E-state index contributed by atoms with van der Waals surface area (Å²) in [6.07, 6.45) is 0. The number of halogens is 2. The van der Waals surface area contributed by atoms with Crippen LogP contribution in [0.2, 0.25) is 5.02 Å². The number of benzene rings is 1. The summed E-state index contributed by atoms with van der Waals surface area (Å²) in [5, 5.41) is 0.462. The third kappa shape index (κ3) is 1.87. The van der Waals surface area contributed by atoms with Crippen molar-refractivity contribution in [2.24, 2.45) is 0 Å². The van der Waals surface area contributed by atoms with Crippen LogP contribution in [0.1, 0.15) is 17.0 Å². The number of aromatic nitrogens is 2. The molecule has 0 aliphatic carbocycles. The number of rotatable bonds is 1. The van der Waals surface area contributed by atoms with Gasteiger partial charge in [-0.15, -0.1) is 0 Å². The Labute approximate surface area is 109 Å². The van der Waals surface area contributed by atoms with E-state index >= 15 is 0 Å². The van der Waals surface area contributed by atoms with Crippen LogP contribution >= 0.6 is 11.6 Å². The molecule has 92 valence electrons. The Morgan fingerprint density at radius 2 is 2.11 bits per heavy atom. The van der Waals surface area contributed by atoms with Gasteiger partial charge in [-0.2, -0.15) is 0 Å². The van der Waals surface area contributed by atoms with Crippen LogP contribution in [-0.2, 0) is 18.0 Å². The quantitative estimate of drug-likeness (QED) is 0.793. The van der Waals surface area contributed by atoms with Crippen LogP contribution in [0.25, 0.3) is 11.4 Å².